The van der Waals surface area contributed by atoms with E-state index in [1.54, 1.807) is 24.4 Å². The molecule has 0 saturated heterocycles. The molecule has 1 aromatic heterocycles. The minimum atomic E-state index is -0.370. The average Bonchev–Trinajstić information content (AvgIpc) is 2.82. The first-order valence-corrected chi connectivity index (χ1v) is 11.9. The first kappa shape index (κ1) is 25.3. The Morgan fingerprint density at radius 1 is 1.00 bits per heavy atom. The molecule has 1 aliphatic rings. The minimum Gasteiger partial charge on any atom is -0.371 e. The van der Waals surface area contributed by atoms with Gasteiger partial charge in [0.25, 0.3) is 0 Å². The molecule has 1 atom stereocenters. The third-order valence-electron chi connectivity index (χ3n) is 5.78. The summed E-state index contributed by atoms with van der Waals surface area (Å²) < 4.78 is 17.0. The van der Waals surface area contributed by atoms with Crippen molar-refractivity contribution < 1.29 is 9.18 Å². The van der Waals surface area contributed by atoms with E-state index >= 15 is 4.39 Å². The molecule has 34 heavy (non-hydrogen) atoms. The summed E-state index contributed by atoms with van der Waals surface area (Å²) in [7, 11) is 4.62. The number of rotatable bonds is 4. The molecule has 0 spiro atoms. The van der Waals surface area contributed by atoms with Crippen LogP contribution in [0.1, 0.15) is 48.0 Å². The van der Waals surface area contributed by atoms with E-state index in [2.05, 4.69) is 15.8 Å². The summed E-state index contributed by atoms with van der Waals surface area (Å²) in [6.07, 6.45) is 1.61. The summed E-state index contributed by atoms with van der Waals surface area (Å²) in [4.78, 5) is 26.7. The summed E-state index contributed by atoms with van der Waals surface area (Å²) in [5.41, 5.74) is 3.69. The highest BCUT2D eigenvalue weighted by Crippen LogP contribution is 2.39. The molecule has 0 saturated carbocycles. The number of ketones is 1. The van der Waals surface area contributed by atoms with Gasteiger partial charge in [0.2, 0.25) is 0 Å². The molecule has 176 valence electrons. The van der Waals surface area contributed by atoms with Gasteiger partial charge in [-0.2, -0.15) is 0 Å². The van der Waals surface area contributed by atoms with Crippen LogP contribution in [0.25, 0.3) is 16.8 Å². The second kappa shape index (κ2) is 10.8. The molecule has 0 N–H and O–H groups in total. The number of likely N-dealkylation sites (N-methyl/N-ethyl adjacent to an activating group) is 1. The lowest BCUT2D eigenvalue weighted by atomic mass is 9.89. The average molecular weight is 477 g/mol. The van der Waals surface area contributed by atoms with Crippen LogP contribution in [0.4, 0.5) is 4.39 Å². The number of Topliss-reactive ketones (excluding diaryl/α,β-unsaturated/α-hetero) is 1. The lowest BCUT2D eigenvalue weighted by Crippen LogP contribution is -2.33. The zero-order valence-corrected chi connectivity index (χ0v) is 21.2. The number of halogens is 1. The van der Waals surface area contributed by atoms with Crippen molar-refractivity contribution in [2.45, 2.75) is 27.3 Å². The Morgan fingerprint density at radius 3 is 2.24 bits per heavy atom. The molecule has 0 aliphatic carbocycles. The monoisotopic (exact) mass is 476 g/mol. The van der Waals surface area contributed by atoms with Gasteiger partial charge in [0, 0.05) is 43.5 Å². The van der Waals surface area contributed by atoms with Gasteiger partial charge in [0.05, 0.1) is 17.0 Å². The van der Waals surface area contributed by atoms with Crippen molar-refractivity contribution in [1.29, 1.82) is 0 Å². The maximum Gasteiger partial charge on any atom is 0.193 e. The fourth-order valence-electron chi connectivity index (χ4n) is 4.12. The number of carbonyl (C=O) groups excluding carboxylic acids is 1. The Hall–Kier alpha value is -3.30. The number of aromatic nitrogens is 1. The molecule has 1 aliphatic heterocycles. The van der Waals surface area contributed by atoms with Crippen molar-refractivity contribution in [3.63, 3.8) is 0 Å². The lowest BCUT2D eigenvalue weighted by molar-refractivity contribution is 0.101. The number of benzene rings is 2. The number of hydrogen-bond donors (Lipinski definition) is 0. The van der Waals surface area contributed by atoms with Crippen LogP contribution in [0.15, 0.2) is 72.2 Å². The van der Waals surface area contributed by atoms with E-state index in [9.17, 15) is 9.59 Å². The first-order valence-electron chi connectivity index (χ1n) is 11.3. The van der Waals surface area contributed by atoms with Gasteiger partial charge in [-0.3, -0.25) is 9.59 Å². The van der Waals surface area contributed by atoms with Crippen molar-refractivity contribution in [2.75, 3.05) is 13.6 Å². The first-order chi connectivity index (χ1) is 16.3. The van der Waals surface area contributed by atoms with E-state index in [0.29, 0.717) is 41.2 Å². The van der Waals surface area contributed by atoms with E-state index in [-0.39, 0.29) is 22.6 Å². The smallest absolute Gasteiger partial charge is 0.193 e. The molecule has 0 amide bonds. The van der Waals surface area contributed by atoms with Crippen molar-refractivity contribution in [3.05, 3.63) is 106 Å². The van der Waals surface area contributed by atoms with Crippen LogP contribution < -0.4 is 10.7 Å². The Kier molecular flexibility index (Phi) is 8.01. The second-order valence-corrected chi connectivity index (χ2v) is 8.50. The number of hydrogen-bond acceptors (Lipinski definition) is 3. The maximum absolute atomic E-state index is 15.1. The van der Waals surface area contributed by atoms with Crippen molar-refractivity contribution in [2.24, 2.45) is 0 Å². The Bertz CT molecular complexity index is 1340. The van der Waals surface area contributed by atoms with E-state index in [1.165, 1.54) is 19.1 Å². The SMILES string of the molecule is C=C(/C(=C1/c2cc(=O)c(C(C)=O)cn2CCN1C)c1ccccc1F)c1ccccc1P.CC. The van der Waals surface area contributed by atoms with Crippen LogP contribution in [-0.4, -0.2) is 28.8 Å². The summed E-state index contributed by atoms with van der Waals surface area (Å²) in [6.45, 7) is 11.0. The molecule has 0 fully saturated rings. The van der Waals surface area contributed by atoms with Crippen LogP contribution in [0.2, 0.25) is 0 Å². The molecular weight excluding hydrogens is 446 g/mol. The van der Waals surface area contributed by atoms with E-state index in [4.69, 9.17) is 0 Å². The fraction of sp³-hybridized carbons (Fsp3) is 0.214. The third kappa shape index (κ3) is 4.80. The van der Waals surface area contributed by atoms with Crippen LogP contribution in [0.5, 0.6) is 0 Å². The zero-order chi connectivity index (χ0) is 25.0. The standard InChI is InChI=1S/C26H24FN2O2P.C2H6/c1-16(18-8-5-7-11-24(18)32)25(19-9-4-6-10-21(19)27)26-22-14-23(31)20(17(2)30)15-29(22)13-12-28(26)3;1-2/h4-11,14-15H,1,12-13,32H2,2-3H3;1-2H3/b26-25+;. The highest BCUT2D eigenvalue weighted by molar-refractivity contribution is 7.27. The van der Waals surface area contributed by atoms with Crippen LogP contribution in [0.3, 0.4) is 0 Å². The summed E-state index contributed by atoms with van der Waals surface area (Å²) in [5, 5.41) is 0.940. The number of carbonyl (C=O) groups is 1. The fourth-order valence-corrected chi connectivity index (χ4v) is 4.50. The predicted octanol–water partition coefficient (Wildman–Crippen LogP) is 5.24. The van der Waals surface area contributed by atoms with E-state index in [0.717, 1.165) is 10.9 Å². The molecule has 1 unspecified atom stereocenters. The van der Waals surface area contributed by atoms with Gasteiger partial charge >= 0.3 is 0 Å². The summed E-state index contributed by atoms with van der Waals surface area (Å²) >= 11 is 0. The highest BCUT2D eigenvalue weighted by Gasteiger charge is 2.27. The predicted molar refractivity (Wildman–Crippen MR) is 143 cm³/mol. The maximum atomic E-state index is 15.1. The van der Waals surface area contributed by atoms with Gasteiger partial charge in [0.1, 0.15) is 5.82 Å². The number of fused-ring (bicyclic) bond motifs is 1. The van der Waals surface area contributed by atoms with Gasteiger partial charge in [-0.25, -0.2) is 4.39 Å². The number of pyridine rings is 1. The van der Waals surface area contributed by atoms with Gasteiger partial charge < -0.3 is 9.47 Å². The van der Waals surface area contributed by atoms with E-state index in [1.807, 2.05) is 54.6 Å². The van der Waals surface area contributed by atoms with Crippen LogP contribution in [0, 0.1) is 5.82 Å². The van der Waals surface area contributed by atoms with Crippen LogP contribution >= 0.6 is 9.24 Å². The normalized spacial score (nSPS) is 14.0. The molecule has 0 radical (unpaired) electrons. The van der Waals surface area contributed by atoms with Gasteiger partial charge in [-0.1, -0.05) is 62.9 Å². The molecule has 4 nitrogen and oxygen atoms in total. The molecule has 3 aromatic rings. The van der Waals surface area contributed by atoms with Crippen molar-refractivity contribution in [1.82, 2.24) is 9.47 Å². The van der Waals surface area contributed by atoms with Crippen molar-refractivity contribution in [3.8, 4) is 0 Å². The molecule has 2 aromatic carbocycles. The summed E-state index contributed by atoms with van der Waals surface area (Å²) in [5.74, 6) is -0.643. The third-order valence-corrected chi connectivity index (χ3v) is 6.28. The highest BCUT2D eigenvalue weighted by atomic mass is 31.0. The van der Waals surface area contributed by atoms with Gasteiger partial charge in [-0.15, -0.1) is 9.24 Å². The lowest BCUT2D eigenvalue weighted by Gasteiger charge is -2.34. The minimum absolute atomic E-state index is 0.152. The quantitative estimate of drug-likeness (QED) is 0.382. The summed E-state index contributed by atoms with van der Waals surface area (Å²) in [6, 6.07) is 15.8. The Labute approximate surface area is 202 Å². The Morgan fingerprint density at radius 2 is 1.62 bits per heavy atom. The largest absolute Gasteiger partial charge is 0.371 e. The molecule has 4 rings (SSSR count). The molecule has 2 heterocycles. The zero-order valence-electron chi connectivity index (χ0n) is 20.1. The number of nitrogens with zero attached hydrogens (tertiary/aromatic N) is 2. The molecule has 6 heteroatoms. The molecular formula is C28H30FN2O2P. The van der Waals surface area contributed by atoms with Gasteiger partial charge in [0.15, 0.2) is 11.2 Å². The topological polar surface area (TPSA) is 42.3 Å². The van der Waals surface area contributed by atoms with Crippen molar-refractivity contribution >= 4 is 37.2 Å². The van der Waals surface area contributed by atoms with Crippen LogP contribution in [-0.2, 0) is 6.54 Å². The number of allylic oxidation sites excluding steroid dienone is 2. The second-order valence-electron chi connectivity index (χ2n) is 7.88. The van der Waals surface area contributed by atoms with E-state index < -0.39 is 0 Å². The van der Waals surface area contributed by atoms with Gasteiger partial charge in [-0.05, 0) is 29.4 Å². The Balaban J connectivity index is 0.00000158. The molecule has 0 bridgehead atoms.